The maximum absolute atomic E-state index is 12.3. The monoisotopic (exact) mass is 315 g/mol. The summed E-state index contributed by atoms with van der Waals surface area (Å²) in [6.07, 6.45) is -7.04. The average molecular weight is 315 g/mol. The SMILES string of the molecule is Cc1ccccc1-c1nc(CN(C)CC(O)C(F)(F)F)no1. The summed E-state index contributed by atoms with van der Waals surface area (Å²) in [5.41, 5.74) is 1.73. The van der Waals surface area contributed by atoms with Crippen molar-refractivity contribution in [1.82, 2.24) is 15.0 Å². The Morgan fingerprint density at radius 3 is 2.64 bits per heavy atom. The normalized spacial score (nSPS) is 13.6. The summed E-state index contributed by atoms with van der Waals surface area (Å²) >= 11 is 0. The number of hydrogen-bond acceptors (Lipinski definition) is 5. The summed E-state index contributed by atoms with van der Waals surface area (Å²) in [7, 11) is 1.44. The van der Waals surface area contributed by atoms with Gasteiger partial charge in [-0.15, -0.1) is 0 Å². The van der Waals surface area contributed by atoms with Gasteiger partial charge in [-0.1, -0.05) is 23.4 Å². The molecular weight excluding hydrogens is 299 g/mol. The van der Waals surface area contributed by atoms with Crippen LogP contribution in [-0.4, -0.2) is 46.0 Å². The van der Waals surface area contributed by atoms with E-state index in [9.17, 15) is 13.2 Å². The number of aromatic nitrogens is 2. The van der Waals surface area contributed by atoms with Crippen molar-refractivity contribution in [1.29, 1.82) is 0 Å². The Kier molecular flexibility index (Phi) is 4.82. The number of hydrogen-bond donors (Lipinski definition) is 1. The van der Waals surface area contributed by atoms with Gasteiger partial charge in [0.15, 0.2) is 11.9 Å². The van der Waals surface area contributed by atoms with Crippen molar-refractivity contribution in [2.24, 2.45) is 0 Å². The van der Waals surface area contributed by atoms with Crippen molar-refractivity contribution in [3.8, 4) is 11.5 Å². The van der Waals surface area contributed by atoms with Crippen molar-refractivity contribution in [3.05, 3.63) is 35.7 Å². The quantitative estimate of drug-likeness (QED) is 0.918. The van der Waals surface area contributed by atoms with Crippen LogP contribution in [0.5, 0.6) is 0 Å². The summed E-state index contributed by atoms with van der Waals surface area (Å²) in [6, 6.07) is 7.43. The first-order valence-corrected chi connectivity index (χ1v) is 6.59. The topological polar surface area (TPSA) is 62.4 Å². The van der Waals surface area contributed by atoms with E-state index in [1.54, 1.807) is 0 Å². The van der Waals surface area contributed by atoms with Gasteiger partial charge in [-0.3, -0.25) is 4.90 Å². The zero-order valence-electron chi connectivity index (χ0n) is 12.1. The molecule has 1 aromatic carbocycles. The number of aliphatic hydroxyl groups is 1. The fourth-order valence-electron chi connectivity index (χ4n) is 1.95. The predicted molar refractivity (Wildman–Crippen MR) is 72.9 cm³/mol. The molecule has 1 aromatic heterocycles. The van der Waals surface area contributed by atoms with Crippen LogP contribution in [0.2, 0.25) is 0 Å². The van der Waals surface area contributed by atoms with Gasteiger partial charge in [0, 0.05) is 12.1 Å². The fraction of sp³-hybridized carbons (Fsp3) is 0.429. The Morgan fingerprint density at radius 2 is 2.00 bits per heavy atom. The molecule has 2 aromatic rings. The van der Waals surface area contributed by atoms with E-state index < -0.39 is 18.8 Å². The number of aliphatic hydroxyl groups excluding tert-OH is 1. The highest BCUT2D eigenvalue weighted by molar-refractivity contribution is 5.57. The van der Waals surface area contributed by atoms with Crippen molar-refractivity contribution in [2.75, 3.05) is 13.6 Å². The zero-order chi connectivity index (χ0) is 16.3. The minimum atomic E-state index is -4.64. The molecule has 5 nitrogen and oxygen atoms in total. The molecule has 8 heteroatoms. The van der Waals surface area contributed by atoms with Gasteiger partial charge >= 0.3 is 6.18 Å². The number of aryl methyl sites for hydroxylation is 1. The van der Waals surface area contributed by atoms with Crippen molar-refractivity contribution < 1.29 is 22.8 Å². The lowest BCUT2D eigenvalue weighted by atomic mass is 10.1. The van der Waals surface area contributed by atoms with Crippen LogP contribution in [0.15, 0.2) is 28.8 Å². The van der Waals surface area contributed by atoms with Gasteiger partial charge in [-0.25, -0.2) is 0 Å². The van der Waals surface area contributed by atoms with Crippen LogP contribution in [0.1, 0.15) is 11.4 Å². The molecule has 1 unspecified atom stereocenters. The van der Waals surface area contributed by atoms with E-state index in [1.807, 2.05) is 31.2 Å². The Labute approximate surface area is 125 Å². The van der Waals surface area contributed by atoms with E-state index in [-0.39, 0.29) is 12.4 Å². The van der Waals surface area contributed by atoms with Gasteiger partial charge in [-0.05, 0) is 25.6 Å². The standard InChI is InChI=1S/C14H16F3N3O2/c1-9-5-3-4-6-10(9)13-18-12(19-22-13)8-20(2)7-11(21)14(15,16)17/h3-6,11,21H,7-8H2,1-2H3. The first-order valence-electron chi connectivity index (χ1n) is 6.59. The molecule has 22 heavy (non-hydrogen) atoms. The van der Waals surface area contributed by atoms with E-state index in [4.69, 9.17) is 9.63 Å². The van der Waals surface area contributed by atoms with E-state index in [0.29, 0.717) is 5.89 Å². The molecule has 0 radical (unpaired) electrons. The van der Waals surface area contributed by atoms with Gasteiger partial charge in [0.25, 0.3) is 5.89 Å². The van der Waals surface area contributed by atoms with Crippen LogP contribution >= 0.6 is 0 Å². The number of nitrogens with zero attached hydrogens (tertiary/aromatic N) is 3. The van der Waals surface area contributed by atoms with Crippen molar-refractivity contribution >= 4 is 0 Å². The maximum Gasteiger partial charge on any atom is 0.415 e. The third kappa shape index (κ3) is 4.05. The van der Waals surface area contributed by atoms with Crippen LogP contribution in [0.25, 0.3) is 11.5 Å². The molecule has 0 spiro atoms. The number of likely N-dealkylation sites (N-methyl/N-ethyl adjacent to an activating group) is 1. The Bertz CT molecular complexity index is 628. The van der Waals surface area contributed by atoms with Crippen LogP contribution in [0, 0.1) is 6.92 Å². The third-order valence-corrected chi connectivity index (χ3v) is 3.12. The number of rotatable bonds is 5. The molecule has 0 saturated carbocycles. The van der Waals surface area contributed by atoms with E-state index in [0.717, 1.165) is 11.1 Å². The zero-order valence-corrected chi connectivity index (χ0v) is 12.1. The highest BCUT2D eigenvalue weighted by Gasteiger charge is 2.38. The maximum atomic E-state index is 12.3. The third-order valence-electron chi connectivity index (χ3n) is 3.12. The molecule has 0 saturated heterocycles. The Hall–Kier alpha value is -1.93. The summed E-state index contributed by atoms with van der Waals surface area (Å²) in [6.45, 7) is 1.38. The molecule has 0 bridgehead atoms. The molecule has 0 aliphatic carbocycles. The lowest BCUT2D eigenvalue weighted by Gasteiger charge is -2.20. The first kappa shape index (κ1) is 16.4. The Balaban J connectivity index is 2.02. The predicted octanol–water partition coefficient (Wildman–Crippen LogP) is 2.40. The van der Waals surface area contributed by atoms with Crippen molar-refractivity contribution in [2.45, 2.75) is 25.7 Å². The molecule has 120 valence electrons. The minimum absolute atomic E-state index is 0.0442. The minimum Gasteiger partial charge on any atom is -0.382 e. The fourth-order valence-corrected chi connectivity index (χ4v) is 1.95. The van der Waals surface area contributed by atoms with E-state index in [1.165, 1.54) is 11.9 Å². The highest BCUT2D eigenvalue weighted by Crippen LogP contribution is 2.22. The lowest BCUT2D eigenvalue weighted by molar-refractivity contribution is -0.207. The lowest BCUT2D eigenvalue weighted by Crippen LogP contribution is -2.39. The molecule has 1 N–H and O–H groups in total. The van der Waals surface area contributed by atoms with Crippen LogP contribution in [0.3, 0.4) is 0 Å². The molecule has 0 aliphatic heterocycles. The molecule has 0 amide bonds. The summed E-state index contributed by atoms with van der Waals surface area (Å²) in [4.78, 5) is 5.45. The van der Waals surface area contributed by atoms with Crippen LogP contribution < -0.4 is 0 Å². The van der Waals surface area contributed by atoms with Gasteiger partial charge in [0.05, 0.1) is 6.54 Å². The molecular formula is C14H16F3N3O2. The second kappa shape index (κ2) is 6.45. The second-order valence-corrected chi connectivity index (χ2v) is 5.08. The smallest absolute Gasteiger partial charge is 0.382 e. The first-order chi connectivity index (χ1) is 10.3. The largest absolute Gasteiger partial charge is 0.415 e. The average Bonchev–Trinajstić information content (AvgIpc) is 2.86. The van der Waals surface area contributed by atoms with Crippen LogP contribution in [-0.2, 0) is 6.54 Å². The van der Waals surface area contributed by atoms with E-state index >= 15 is 0 Å². The van der Waals surface area contributed by atoms with Gasteiger partial charge < -0.3 is 9.63 Å². The number of halogens is 3. The molecule has 2 rings (SSSR count). The second-order valence-electron chi connectivity index (χ2n) is 5.08. The summed E-state index contributed by atoms with van der Waals surface area (Å²) in [5.74, 6) is 0.577. The van der Waals surface area contributed by atoms with Crippen molar-refractivity contribution in [3.63, 3.8) is 0 Å². The van der Waals surface area contributed by atoms with Gasteiger partial charge in [0.2, 0.25) is 0 Å². The van der Waals surface area contributed by atoms with Crippen LogP contribution in [0.4, 0.5) is 13.2 Å². The Morgan fingerprint density at radius 1 is 1.32 bits per heavy atom. The summed E-state index contributed by atoms with van der Waals surface area (Å²) in [5, 5.41) is 12.8. The van der Waals surface area contributed by atoms with E-state index in [2.05, 4.69) is 10.1 Å². The molecule has 1 atom stereocenters. The van der Waals surface area contributed by atoms with Gasteiger partial charge in [0.1, 0.15) is 0 Å². The highest BCUT2D eigenvalue weighted by atomic mass is 19.4. The molecule has 1 heterocycles. The molecule has 0 aliphatic rings. The number of alkyl halides is 3. The number of benzene rings is 1. The molecule has 0 fully saturated rings. The van der Waals surface area contributed by atoms with Gasteiger partial charge in [-0.2, -0.15) is 18.2 Å². The summed E-state index contributed by atoms with van der Waals surface area (Å²) < 4.78 is 42.0.